The Bertz CT molecular complexity index is 861. The first-order valence-electron chi connectivity index (χ1n) is 8.46. The summed E-state index contributed by atoms with van der Waals surface area (Å²) in [4.78, 5) is 17.7. The molecule has 1 aliphatic rings. The van der Waals surface area contributed by atoms with Crippen molar-refractivity contribution in [2.45, 2.75) is 25.9 Å². The van der Waals surface area contributed by atoms with Gasteiger partial charge in [-0.1, -0.05) is 17.7 Å². The first-order valence-corrected chi connectivity index (χ1v) is 8.46. The van der Waals surface area contributed by atoms with Gasteiger partial charge in [0.05, 0.1) is 6.10 Å². The minimum Gasteiger partial charge on any atom is -0.376 e. The molecule has 7 heteroatoms. The lowest BCUT2D eigenvalue weighted by Crippen LogP contribution is -2.20. The van der Waals surface area contributed by atoms with Crippen LogP contribution in [0.15, 0.2) is 36.7 Å². The highest BCUT2D eigenvalue weighted by Crippen LogP contribution is 2.23. The van der Waals surface area contributed by atoms with Crippen LogP contribution in [0.1, 0.15) is 18.4 Å². The molecule has 0 spiro atoms. The molecule has 0 unspecified atom stereocenters. The standard InChI is InChI=1S/C18H20N6O/c1-12-4-6-13(7-5-12)22-17-15-16(20-9-8-19-15)23-18(24-17)21-11-14-3-2-10-25-14/h4-9,14H,2-3,10-11H2,1H3,(H2,20,21,22,23,24)/t14-/m1/s1. The SMILES string of the molecule is Cc1ccc(Nc2nc(NC[C@H]3CCCO3)nc3nccnc23)cc1. The molecule has 0 aliphatic carbocycles. The van der Waals surface area contributed by atoms with Crippen LogP contribution in [0.25, 0.3) is 11.2 Å². The van der Waals surface area contributed by atoms with Gasteiger partial charge in [-0.2, -0.15) is 9.97 Å². The smallest absolute Gasteiger partial charge is 0.226 e. The summed E-state index contributed by atoms with van der Waals surface area (Å²) in [5.74, 6) is 1.16. The fourth-order valence-corrected chi connectivity index (χ4v) is 2.81. The third kappa shape index (κ3) is 3.66. The Morgan fingerprint density at radius 2 is 1.96 bits per heavy atom. The molecule has 2 N–H and O–H groups in total. The van der Waals surface area contributed by atoms with Crippen molar-refractivity contribution in [1.29, 1.82) is 0 Å². The van der Waals surface area contributed by atoms with Gasteiger partial charge in [0.15, 0.2) is 17.0 Å². The van der Waals surface area contributed by atoms with Crippen LogP contribution in [0, 0.1) is 6.92 Å². The van der Waals surface area contributed by atoms with E-state index in [9.17, 15) is 0 Å². The number of aromatic nitrogens is 4. The third-order valence-corrected chi connectivity index (χ3v) is 4.16. The average molecular weight is 336 g/mol. The predicted molar refractivity (Wildman–Crippen MR) is 97.1 cm³/mol. The Kier molecular flexibility index (Phi) is 4.39. The maximum Gasteiger partial charge on any atom is 0.226 e. The zero-order chi connectivity index (χ0) is 17.1. The van der Waals surface area contributed by atoms with Crippen LogP contribution in [-0.4, -0.2) is 39.2 Å². The fourth-order valence-electron chi connectivity index (χ4n) is 2.81. The Morgan fingerprint density at radius 3 is 2.76 bits per heavy atom. The monoisotopic (exact) mass is 336 g/mol. The molecular formula is C18H20N6O. The van der Waals surface area contributed by atoms with E-state index in [1.165, 1.54) is 5.56 Å². The van der Waals surface area contributed by atoms with Crippen molar-refractivity contribution in [1.82, 2.24) is 19.9 Å². The highest BCUT2D eigenvalue weighted by atomic mass is 16.5. The van der Waals surface area contributed by atoms with Gasteiger partial charge in [0.2, 0.25) is 5.95 Å². The second-order valence-electron chi connectivity index (χ2n) is 6.13. The second kappa shape index (κ2) is 6.98. The van der Waals surface area contributed by atoms with Crippen molar-refractivity contribution in [3.8, 4) is 0 Å². The molecular weight excluding hydrogens is 316 g/mol. The van der Waals surface area contributed by atoms with Gasteiger partial charge < -0.3 is 15.4 Å². The highest BCUT2D eigenvalue weighted by molar-refractivity contribution is 5.85. The van der Waals surface area contributed by atoms with Crippen LogP contribution >= 0.6 is 0 Å². The molecule has 1 fully saturated rings. The van der Waals surface area contributed by atoms with Gasteiger partial charge in [-0.3, -0.25) is 0 Å². The summed E-state index contributed by atoms with van der Waals surface area (Å²) in [7, 11) is 0. The van der Waals surface area contributed by atoms with Crippen LogP contribution in [0.5, 0.6) is 0 Å². The molecule has 1 atom stereocenters. The Hall–Kier alpha value is -2.80. The Morgan fingerprint density at radius 1 is 1.12 bits per heavy atom. The normalized spacial score (nSPS) is 16.9. The van der Waals surface area contributed by atoms with E-state index in [1.807, 2.05) is 24.3 Å². The molecule has 128 valence electrons. The van der Waals surface area contributed by atoms with Crippen LogP contribution in [-0.2, 0) is 4.74 Å². The maximum absolute atomic E-state index is 5.64. The fraction of sp³-hybridized carbons (Fsp3) is 0.333. The van der Waals surface area contributed by atoms with Crippen molar-refractivity contribution in [2.75, 3.05) is 23.8 Å². The van der Waals surface area contributed by atoms with Crippen molar-refractivity contribution < 1.29 is 4.74 Å². The number of hydrogen-bond donors (Lipinski definition) is 2. The molecule has 1 saturated heterocycles. The molecule has 0 radical (unpaired) electrons. The minimum atomic E-state index is 0.217. The third-order valence-electron chi connectivity index (χ3n) is 4.16. The van der Waals surface area contributed by atoms with E-state index in [0.29, 0.717) is 29.5 Å². The molecule has 3 heterocycles. The Balaban J connectivity index is 1.62. The van der Waals surface area contributed by atoms with E-state index >= 15 is 0 Å². The van der Waals surface area contributed by atoms with Crippen LogP contribution in [0.4, 0.5) is 17.5 Å². The number of nitrogens with zero attached hydrogens (tertiary/aromatic N) is 4. The number of fused-ring (bicyclic) bond motifs is 1. The lowest BCUT2D eigenvalue weighted by molar-refractivity contribution is 0.120. The lowest BCUT2D eigenvalue weighted by atomic mass is 10.2. The van der Waals surface area contributed by atoms with Gasteiger partial charge in [-0.05, 0) is 31.9 Å². The summed E-state index contributed by atoms with van der Waals surface area (Å²) >= 11 is 0. The van der Waals surface area contributed by atoms with E-state index in [-0.39, 0.29) is 6.10 Å². The lowest BCUT2D eigenvalue weighted by Gasteiger charge is -2.13. The molecule has 0 saturated carbocycles. The zero-order valence-corrected chi connectivity index (χ0v) is 14.1. The summed E-state index contributed by atoms with van der Waals surface area (Å²) in [5, 5.41) is 6.58. The van der Waals surface area contributed by atoms with Crippen LogP contribution in [0.3, 0.4) is 0 Å². The van der Waals surface area contributed by atoms with E-state index in [1.54, 1.807) is 12.4 Å². The second-order valence-corrected chi connectivity index (χ2v) is 6.13. The van der Waals surface area contributed by atoms with Crippen molar-refractivity contribution in [2.24, 2.45) is 0 Å². The molecule has 7 nitrogen and oxygen atoms in total. The average Bonchev–Trinajstić information content (AvgIpc) is 3.15. The van der Waals surface area contributed by atoms with Crippen molar-refractivity contribution >= 4 is 28.6 Å². The van der Waals surface area contributed by atoms with Gasteiger partial charge in [0.1, 0.15) is 0 Å². The van der Waals surface area contributed by atoms with E-state index in [0.717, 1.165) is 25.1 Å². The minimum absolute atomic E-state index is 0.217. The van der Waals surface area contributed by atoms with E-state index in [4.69, 9.17) is 4.74 Å². The van der Waals surface area contributed by atoms with E-state index in [2.05, 4.69) is 37.5 Å². The van der Waals surface area contributed by atoms with Crippen LogP contribution < -0.4 is 10.6 Å². The van der Waals surface area contributed by atoms with Crippen molar-refractivity contribution in [3.63, 3.8) is 0 Å². The molecule has 0 amide bonds. The first kappa shape index (κ1) is 15.7. The largest absolute Gasteiger partial charge is 0.376 e. The predicted octanol–water partition coefficient (Wildman–Crippen LogP) is 3.06. The number of hydrogen-bond acceptors (Lipinski definition) is 7. The quantitative estimate of drug-likeness (QED) is 0.740. The molecule has 4 rings (SSSR count). The van der Waals surface area contributed by atoms with Gasteiger partial charge in [-0.15, -0.1) is 0 Å². The Labute approximate surface area is 145 Å². The highest BCUT2D eigenvalue weighted by Gasteiger charge is 2.16. The number of benzene rings is 1. The van der Waals surface area contributed by atoms with Crippen molar-refractivity contribution in [3.05, 3.63) is 42.2 Å². The zero-order valence-electron chi connectivity index (χ0n) is 14.1. The molecule has 2 aromatic heterocycles. The van der Waals surface area contributed by atoms with Gasteiger partial charge in [-0.25, -0.2) is 9.97 Å². The summed E-state index contributed by atoms with van der Waals surface area (Å²) < 4.78 is 5.64. The maximum atomic E-state index is 5.64. The number of aryl methyl sites for hydroxylation is 1. The molecule has 25 heavy (non-hydrogen) atoms. The van der Waals surface area contributed by atoms with Crippen LogP contribution in [0.2, 0.25) is 0 Å². The molecule has 1 aromatic carbocycles. The number of rotatable bonds is 5. The summed E-state index contributed by atoms with van der Waals surface area (Å²) in [6, 6.07) is 8.13. The van der Waals surface area contributed by atoms with E-state index < -0.39 is 0 Å². The summed E-state index contributed by atoms with van der Waals surface area (Å²) in [5.41, 5.74) is 3.35. The first-order chi connectivity index (χ1) is 12.3. The summed E-state index contributed by atoms with van der Waals surface area (Å²) in [6.07, 6.45) is 5.67. The van der Waals surface area contributed by atoms with Gasteiger partial charge in [0.25, 0.3) is 0 Å². The molecule has 0 bridgehead atoms. The number of anilines is 3. The number of ether oxygens (including phenoxy) is 1. The molecule has 3 aromatic rings. The van der Waals surface area contributed by atoms with Gasteiger partial charge >= 0.3 is 0 Å². The topological polar surface area (TPSA) is 84.9 Å². The number of nitrogens with one attached hydrogen (secondary N) is 2. The van der Waals surface area contributed by atoms with Gasteiger partial charge in [0, 0.05) is 31.2 Å². The summed E-state index contributed by atoms with van der Waals surface area (Å²) in [6.45, 7) is 3.58. The molecule has 1 aliphatic heterocycles.